The zero-order valence-electron chi connectivity index (χ0n) is 13.9. The van der Waals surface area contributed by atoms with E-state index in [1.54, 1.807) is 11.3 Å². The van der Waals surface area contributed by atoms with Crippen molar-refractivity contribution < 1.29 is 5.11 Å². The van der Waals surface area contributed by atoms with Gasteiger partial charge in [-0.05, 0) is 17.0 Å². The molecule has 2 aromatic rings. The lowest BCUT2D eigenvalue weighted by Crippen LogP contribution is -2.45. The molecule has 1 aliphatic rings. The van der Waals surface area contributed by atoms with Gasteiger partial charge in [-0.2, -0.15) is 0 Å². The molecule has 0 amide bonds. The number of thiophene rings is 1. The SMILES string of the molecule is OCCC#Cc1ccsc1CN1CCN(Cc2ccccc2)CC1. The highest BCUT2D eigenvalue weighted by molar-refractivity contribution is 7.10. The molecular formula is C20H24N2OS. The van der Waals surface area contributed by atoms with Gasteiger partial charge in [-0.15, -0.1) is 11.3 Å². The van der Waals surface area contributed by atoms with Crippen LogP contribution in [-0.2, 0) is 13.1 Å². The van der Waals surface area contributed by atoms with Gasteiger partial charge >= 0.3 is 0 Å². The molecule has 0 atom stereocenters. The second-order valence-electron chi connectivity index (χ2n) is 6.07. The average molecular weight is 340 g/mol. The van der Waals surface area contributed by atoms with Crippen molar-refractivity contribution in [2.24, 2.45) is 0 Å². The number of benzene rings is 1. The van der Waals surface area contributed by atoms with Crippen molar-refractivity contribution in [3.63, 3.8) is 0 Å². The summed E-state index contributed by atoms with van der Waals surface area (Å²) in [5, 5.41) is 11.0. The minimum atomic E-state index is 0.135. The number of aliphatic hydroxyl groups is 1. The lowest BCUT2D eigenvalue weighted by Gasteiger charge is -2.34. The van der Waals surface area contributed by atoms with Crippen LogP contribution in [0.3, 0.4) is 0 Å². The monoisotopic (exact) mass is 340 g/mol. The number of piperazine rings is 1. The first kappa shape index (κ1) is 17.2. The Balaban J connectivity index is 1.49. The standard InChI is InChI=1S/C20H24N2OS/c23-14-5-4-8-19-9-15-24-20(19)17-22-12-10-21(11-13-22)16-18-6-2-1-3-7-18/h1-3,6-7,9,15,23H,5,10-14,16-17H2. The van der Waals surface area contributed by atoms with Crippen LogP contribution in [0, 0.1) is 11.8 Å². The van der Waals surface area contributed by atoms with E-state index >= 15 is 0 Å². The molecule has 0 radical (unpaired) electrons. The van der Waals surface area contributed by atoms with E-state index in [9.17, 15) is 0 Å². The van der Waals surface area contributed by atoms with E-state index in [1.807, 2.05) is 0 Å². The Hall–Kier alpha value is -1.64. The molecular weight excluding hydrogens is 316 g/mol. The number of nitrogens with zero attached hydrogens (tertiary/aromatic N) is 2. The molecule has 3 nitrogen and oxygen atoms in total. The fourth-order valence-corrected chi connectivity index (χ4v) is 3.81. The van der Waals surface area contributed by atoms with Crippen LogP contribution in [0.25, 0.3) is 0 Å². The lowest BCUT2D eigenvalue weighted by atomic mass is 10.2. The van der Waals surface area contributed by atoms with Crippen molar-refractivity contribution in [1.29, 1.82) is 0 Å². The zero-order valence-corrected chi connectivity index (χ0v) is 14.8. The smallest absolute Gasteiger partial charge is 0.0540 e. The molecule has 0 unspecified atom stereocenters. The third-order valence-corrected chi connectivity index (χ3v) is 5.19. The summed E-state index contributed by atoms with van der Waals surface area (Å²) in [6.45, 7) is 6.61. The lowest BCUT2D eigenvalue weighted by molar-refractivity contribution is 0.123. The van der Waals surface area contributed by atoms with Crippen LogP contribution in [0.1, 0.15) is 22.4 Å². The highest BCUT2D eigenvalue weighted by Gasteiger charge is 2.18. The van der Waals surface area contributed by atoms with Crippen LogP contribution < -0.4 is 0 Å². The van der Waals surface area contributed by atoms with Crippen LogP contribution >= 0.6 is 11.3 Å². The molecule has 2 heterocycles. The van der Waals surface area contributed by atoms with Gasteiger partial charge < -0.3 is 5.11 Å². The highest BCUT2D eigenvalue weighted by Crippen LogP contribution is 2.19. The van der Waals surface area contributed by atoms with E-state index in [2.05, 4.69) is 63.4 Å². The molecule has 0 saturated carbocycles. The summed E-state index contributed by atoms with van der Waals surface area (Å²) in [6.07, 6.45) is 0.549. The molecule has 4 heteroatoms. The molecule has 126 valence electrons. The summed E-state index contributed by atoms with van der Waals surface area (Å²) in [5.41, 5.74) is 2.52. The maximum atomic E-state index is 8.84. The van der Waals surface area contributed by atoms with Crippen LogP contribution in [0.2, 0.25) is 0 Å². The van der Waals surface area contributed by atoms with E-state index in [-0.39, 0.29) is 6.61 Å². The minimum absolute atomic E-state index is 0.135. The molecule has 1 N–H and O–H groups in total. The Bertz CT molecular complexity index is 678. The molecule has 1 aromatic heterocycles. The second-order valence-corrected chi connectivity index (χ2v) is 7.07. The number of rotatable bonds is 5. The van der Waals surface area contributed by atoms with Crippen molar-refractivity contribution in [2.75, 3.05) is 32.8 Å². The predicted octanol–water partition coefficient (Wildman–Crippen LogP) is 2.80. The Morgan fingerprint density at radius 3 is 2.38 bits per heavy atom. The number of aliphatic hydroxyl groups excluding tert-OH is 1. The van der Waals surface area contributed by atoms with Gasteiger partial charge in [0.15, 0.2) is 0 Å². The van der Waals surface area contributed by atoms with E-state index in [0.717, 1.165) is 44.8 Å². The van der Waals surface area contributed by atoms with E-state index in [4.69, 9.17) is 5.11 Å². The fraction of sp³-hybridized carbons (Fsp3) is 0.400. The van der Waals surface area contributed by atoms with Crippen LogP contribution in [0.15, 0.2) is 41.8 Å². The van der Waals surface area contributed by atoms with Crippen molar-refractivity contribution in [3.8, 4) is 11.8 Å². The van der Waals surface area contributed by atoms with Crippen LogP contribution in [-0.4, -0.2) is 47.7 Å². The fourth-order valence-electron chi connectivity index (χ4n) is 2.94. The molecule has 3 rings (SSSR count). The molecule has 1 saturated heterocycles. The van der Waals surface area contributed by atoms with Gasteiger partial charge in [0.25, 0.3) is 0 Å². The number of hydrogen-bond donors (Lipinski definition) is 1. The zero-order chi connectivity index (χ0) is 16.6. The van der Waals surface area contributed by atoms with E-state index in [1.165, 1.54) is 10.4 Å². The Morgan fingerprint density at radius 2 is 1.67 bits per heavy atom. The summed E-state index contributed by atoms with van der Waals surface area (Å²) in [4.78, 5) is 6.39. The maximum Gasteiger partial charge on any atom is 0.0540 e. The molecule has 24 heavy (non-hydrogen) atoms. The Labute approximate surface area is 148 Å². The third kappa shape index (κ3) is 4.93. The van der Waals surface area contributed by atoms with E-state index in [0.29, 0.717) is 6.42 Å². The summed E-state index contributed by atoms with van der Waals surface area (Å²) in [6, 6.07) is 12.8. The molecule has 0 aliphatic carbocycles. The minimum Gasteiger partial charge on any atom is -0.395 e. The molecule has 1 fully saturated rings. The molecule has 0 bridgehead atoms. The first-order valence-corrected chi connectivity index (χ1v) is 9.38. The predicted molar refractivity (Wildman–Crippen MR) is 99.9 cm³/mol. The van der Waals surface area contributed by atoms with Crippen LogP contribution in [0.4, 0.5) is 0 Å². The summed E-state index contributed by atoms with van der Waals surface area (Å²) >= 11 is 1.78. The molecule has 1 aromatic carbocycles. The summed E-state index contributed by atoms with van der Waals surface area (Å²) in [7, 11) is 0. The molecule has 0 spiro atoms. The largest absolute Gasteiger partial charge is 0.395 e. The maximum absolute atomic E-state index is 8.84. The van der Waals surface area contributed by atoms with Crippen molar-refractivity contribution in [1.82, 2.24) is 9.80 Å². The summed E-state index contributed by atoms with van der Waals surface area (Å²) < 4.78 is 0. The van der Waals surface area contributed by atoms with Gasteiger partial charge in [-0.25, -0.2) is 0 Å². The molecule has 1 aliphatic heterocycles. The van der Waals surface area contributed by atoms with Gasteiger partial charge in [0.05, 0.1) is 6.61 Å². The van der Waals surface area contributed by atoms with Gasteiger partial charge in [-0.1, -0.05) is 42.2 Å². The summed E-state index contributed by atoms with van der Waals surface area (Å²) in [5.74, 6) is 6.22. The van der Waals surface area contributed by atoms with Crippen molar-refractivity contribution in [3.05, 3.63) is 57.8 Å². The topological polar surface area (TPSA) is 26.7 Å². The highest BCUT2D eigenvalue weighted by atomic mass is 32.1. The second kappa shape index (κ2) is 9.00. The average Bonchev–Trinajstić information content (AvgIpc) is 3.05. The Morgan fingerprint density at radius 1 is 0.958 bits per heavy atom. The van der Waals surface area contributed by atoms with Gasteiger partial charge in [-0.3, -0.25) is 9.80 Å². The quantitative estimate of drug-likeness (QED) is 0.848. The van der Waals surface area contributed by atoms with E-state index < -0.39 is 0 Å². The first-order valence-electron chi connectivity index (χ1n) is 8.50. The first-order chi connectivity index (χ1) is 11.8. The van der Waals surface area contributed by atoms with Gasteiger partial charge in [0.2, 0.25) is 0 Å². The van der Waals surface area contributed by atoms with Crippen molar-refractivity contribution in [2.45, 2.75) is 19.5 Å². The van der Waals surface area contributed by atoms with Gasteiger partial charge in [0, 0.05) is 56.1 Å². The normalized spacial score (nSPS) is 15.9. The number of hydrogen-bond acceptors (Lipinski definition) is 4. The van der Waals surface area contributed by atoms with Crippen LogP contribution in [0.5, 0.6) is 0 Å². The third-order valence-electron chi connectivity index (χ3n) is 4.29. The Kier molecular flexibility index (Phi) is 6.45. The van der Waals surface area contributed by atoms with Crippen molar-refractivity contribution >= 4 is 11.3 Å². The van der Waals surface area contributed by atoms with Gasteiger partial charge in [0.1, 0.15) is 0 Å².